The Labute approximate surface area is 237 Å². The maximum atomic E-state index is 8.64. The fourth-order valence-corrected chi connectivity index (χ4v) is 5.84. The van der Waals surface area contributed by atoms with Gasteiger partial charge in [-0.05, 0) is 100 Å². The summed E-state index contributed by atoms with van der Waals surface area (Å²) in [4.78, 5) is 12.2. The Morgan fingerprint density at radius 2 is 1.82 bits per heavy atom. The molecule has 3 aromatic rings. The Bertz CT molecular complexity index is 1380. The highest BCUT2D eigenvalue weighted by Crippen LogP contribution is 2.54. The quantitative estimate of drug-likeness (QED) is 0.230. The van der Waals surface area contributed by atoms with Crippen LogP contribution in [0.3, 0.4) is 0 Å². The predicted molar refractivity (Wildman–Crippen MR) is 159 cm³/mol. The zero-order chi connectivity index (χ0) is 28.0. The summed E-state index contributed by atoms with van der Waals surface area (Å²) < 4.78 is 6.44. The maximum Gasteiger partial charge on any atom is 0.154 e. The van der Waals surface area contributed by atoms with Gasteiger partial charge in [0.1, 0.15) is 5.82 Å². The molecule has 6 rings (SSSR count). The van der Waals surface area contributed by atoms with Crippen LogP contribution in [0.4, 0.5) is 11.6 Å². The lowest BCUT2D eigenvalue weighted by molar-refractivity contribution is -0.117. The van der Waals surface area contributed by atoms with Crippen LogP contribution >= 0.6 is 0 Å². The molecule has 0 aromatic carbocycles. The van der Waals surface area contributed by atoms with Gasteiger partial charge < -0.3 is 20.8 Å². The lowest BCUT2D eigenvalue weighted by Crippen LogP contribution is -2.51. The van der Waals surface area contributed by atoms with Crippen LogP contribution in [-0.4, -0.2) is 74.7 Å². The van der Waals surface area contributed by atoms with Crippen LogP contribution in [0, 0.1) is 5.41 Å². The first kappa shape index (κ1) is 27.2. The van der Waals surface area contributed by atoms with Gasteiger partial charge >= 0.3 is 0 Å². The number of nitrogens with one attached hydrogen (secondary N) is 3. The summed E-state index contributed by atoms with van der Waals surface area (Å²) >= 11 is 0. The summed E-state index contributed by atoms with van der Waals surface area (Å²) in [6.45, 7) is 13.2. The molecule has 0 amide bonds. The predicted octanol–water partition coefficient (Wildman–Crippen LogP) is 4.96. The Hall–Kier alpha value is -3.01. The Kier molecular flexibility index (Phi) is 7.09. The van der Waals surface area contributed by atoms with Gasteiger partial charge in [0, 0.05) is 37.0 Å². The number of fused-ring (bicyclic) bond motifs is 1. The summed E-state index contributed by atoms with van der Waals surface area (Å²) in [5, 5.41) is 23.9. The van der Waals surface area contributed by atoms with Gasteiger partial charge in [0.05, 0.1) is 28.4 Å². The lowest BCUT2D eigenvalue weighted by atomic mass is 9.79. The van der Waals surface area contributed by atoms with Crippen LogP contribution in [0.25, 0.3) is 11.0 Å². The van der Waals surface area contributed by atoms with Crippen molar-refractivity contribution in [3.8, 4) is 0 Å². The molecule has 1 aliphatic heterocycles. The highest BCUT2D eigenvalue weighted by Gasteiger charge is 2.59. The van der Waals surface area contributed by atoms with E-state index < -0.39 is 5.41 Å². The maximum absolute atomic E-state index is 8.64. The number of hydrogen-bond donors (Lipinski definition) is 3. The lowest BCUT2D eigenvalue weighted by Gasteiger charge is -2.39. The molecule has 1 saturated heterocycles. The van der Waals surface area contributed by atoms with E-state index in [2.05, 4.69) is 52.6 Å². The van der Waals surface area contributed by atoms with E-state index in [1.165, 1.54) is 25.7 Å². The van der Waals surface area contributed by atoms with Crippen molar-refractivity contribution in [1.82, 2.24) is 30.4 Å². The molecule has 40 heavy (non-hydrogen) atoms. The molecule has 1 atom stereocenters. The molecular formula is C31H42N8O. The Morgan fingerprint density at radius 3 is 2.50 bits per heavy atom. The average molecular weight is 543 g/mol. The van der Waals surface area contributed by atoms with E-state index in [1.807, 2.05) is 31.3 Å². The van der Waals surface area contributed by atoms with E-state index in [0.717, 1.165) is 54.8 Å². The first-order valence-electron chi connectivity index (χ1n) is 14.7. The normalized spacial score (nSPS) is 20.6. The molecule has 3 fully saturated rings. The molecule has 2 saturated carbocycles. The van der Waals surface area contributed by atoms with Crippen molar-refractivity contribution >= 4 is 28.4 Å². The zero-order valence-corrected chi connectivity index (χ0v) is 24.3. The van der Waals surface area contributed by atoms with E-state index in [4.69, 9.17) is 20.1 Å². The highest BCUT2D eigenvalue weighted by molar-refractivity contribution is 5.91. The van der Waals surface area contributed by atoms with E-state index >= 15 is 0 Å². The minimum atomic E-state index is -0.474. The summed E-state index contributed by atoms with van der Waals surface area (Å²) in [6.07, 6.45) is 9.69. The summed E-state index contributed by atoms with van der Waals surface area (Å²) in [7, 11) is 0. The number of ether oxygens (including phenoxy) is 1. The van der Waals surface area contributed by atoms with Crippen molar-refractivity contribution in [3.63, 3.8) is 0 Å². The number of nitrogens with zero attached hydrogens (tertiary/aromatic N) is 5. The second-order valence-corrected chi connectivity index (χ2v) is 12.8. The molecule has 3 aromatic heterocycles. The smallest absolute Gasteiger partial charge is 0.154 e. The number of rotatable bonds is 11. The van der Waals surface area contributed by atoms with Crippen molar-refractivity contribution in [2.24, 2.45) is 0 Å². The molecule has 2 aliphatic carbocycles. The Balaban J connectivity index is 1.09. The van der Waals surface area contributed by atoms with Crippen LogP contribution in [-0.2, 0) is 10.2 Å². The fourth-order valence-electron chi connectivity index (χ4n) is 5.84. The first-order chi connectivity index (χ1) is 19.2. The molecule has 2 spiro atoms. The van der Waals surface area contributed by atoms with E-state index in [9.17, 15) is 0 Å². The largest absolute Gasteiger partial charge is 0.366 e. The molecule has 9 heteroatoms. The van der Waals surface area contributed by atoms with Crippen molar-refractivity contribution in [3.05, 3.63) is 47.8 Å². The second kappa shape index (κ2) is 10.4. The minimum absolute atomic E-state index is 0.177. The standard InChI is InChI=1S/C31H42N8O/c1-21(2)23-14-28(38-35-16-23)37-27-7-6-25-26(36-27)15-24(17-34-25)29(4,22(3)32)18-33-12-5-13-39-19-30(8-9-30)40-31(20-39)10-11-31/h6-7,14-17,21,32-33H,5,8-13,18-20H2,1-4H3,(H,36,37,38). The van der Waals surface area contributed by atoms with Crippen LogP contribution in [0.2, 0.25) is 0 Å². The average Bonchev–Trinajstić information content (AvgIpc) is 3.86. The first-order valence-corrected chi connectivity index (χ1v) is 14.7. The van der Waals surface area contributed by atoms with Crippen molar-refractivity contribution in [1.29, 1.82) is 5.41 Å². The van der Waals surface area contributed by atoms with Crippen LogP contribution < -0.4 is 10.6 Å². The number of aromatic nitrogens is 4. The Morgan fingerprint density at radius 1 is 1.07 bits per heavy atom. The van der Waals surface area contributed by atoms with Gasteiger partial charge in [0.15, 0.2) is 5.82 Å². The third-order valence-electron chi connectivity index (χ3n) is 8.98. The van der Waals surface area contributed by atoms with Gasteiger partial charge in [-0.25, -0.2) is 4.98 Å². The highest BCUT2D eigenvalue weighted by atomic mass is 16.5. The summed E-state index contributed by atoms with van der Waals surface area (Å²) in [5.41, 5.74) is 4.21. The second-order valence-electron chi connectivity index (χ2n) is 12.8. The topological polar surface area (TPSA) is 112 Å². The number of morpholine rings is 1. The van der Waals surface area contributed by atoms with Gasteiger partial charge in [-0.15, -0.1) is 5.10 Å². The molecule has 4 heterocycles. The van der Waals surface area contributed by atoms with Crippen molar-refractivity contribution in [2.75, 3.05) is 38.0 Å². The van der Waals surface area contributed by atoms with E-state index in [-0.39, 0.29) is 11.2 Å². The molecule has 0 radical (unpaired) electrons. The summed E-state index contributed by atoms with van der Waals surface area (Å²) in [6, 6.07) is 7.95. The third-order valence-corrected chi connectivity index (χ3v) is 8.98. The third kappa shape index (κ3) is 5.73. The number of anilines is 2. The van der Waals surface area contributed by atoms with Gasteiger partial charge in [0.25, 0.3) is 0 Å². The van der Waals surface area contributed by atoms with E-state index in [1.54, 1.807) is 6.20 Å². The minimum Gasteiger partial charge on any atom is -0.366 e. The van der Waals surface area contributed by atoms with Gasteiger partial charge in [-0.3, -0.25) is 9.88 Å². The van der Waals surface area contributed by atoms with E-state index in [0.29, 0.717) is 29.8 Å². The SMILES string of the molecule is CC(=N)C(C)(CNCCCN1CC2(CC2)OC2(CC2)C1)c1cnc2ccc(Nc3cc(C(C)C)cnn3)nc2c1. The van der Waals surface area contributed by atoms with Gasteiger partial charge in [-0.2, -0.15) is 5.10 Å². The molecular weight excluding hydrogens is 500 g/mol. The molecule has 212 valence electrons. The fraction of sp³-hybridized carbons (Fsp3) is 0.581. The van der Waals surface area contributed by atoms with Gasteiger partial charge in [-0.1, -0.05) is 13.8 Å². The molecule has 0 bridgehead atoms. The van der Waals surface area contributed by atoms with Crippen LogP contribution in [0.5, 0.6) is 0 Å². The van der Waals surface area contributed by atoms with Gasteiger partial charge in [0.2, 0.25) is 0 Å². The monoisotopic (exact) mass is 542 g/mol. The molecule has 3 N–H and O–H groups in total. The molecule has 3 aliphatic rings. The number of hydrogen-bond acceptors (Lipinski definition) is 9. The summed E-state index contributed by atoms with van der Waals surface area (Å²) in [5.74, 6) is 1.73. The zero-order valence-electron chi connectivity index (χ0n) is 24.3. The number of pyridine rings is 2. The van der Waals surface area contributed by atoms with Crippen LogP contribution in [0.1, 0.15) is 76.8 Å². The molecule has 9 nitrogen and oxygen atoms in total. The van der Waals surface area contributed by atoms with Crippen molar-refractivity contribution in [2.45, 2.75) is 82.3 Å². The van der Waals surface area contributed by atoms with Crippen molar-refractivity contribution < 1.29 is 4.74 Å². The molecule has 1 unspecified atom stereocenters. The van der Waals surface area contributed by atoms with Crippen LogP contribution in [0.15, 0.2) is 36.7 Å².